The summed E-state index contributed by atoms with van der Waals surface area (Å²) in [5.41, 5.74) is 4.21. The number of piperidine rings is 1. The second-order valence-electron chi connectivity index (χ2n) is 7.67. The third kappa shape index (κ3) is 4.79. The number of nitrogens with zero attached hydrogens (tertiary/aromatic N) is 2. The van der Waals surface area contributed by atoms with Crippen LogP contribution in [0.15, 0.2) is 71.5 Å². The minimum absolute atomic E-state index is 0.00101. The third-order valence-electron chi connectivity index (χ3n) is 5.59. The number of benzene rings is 2. The van der Waals surface area contributed by atoms with Crippen LogP contribution in [0.1, 0.15) is 35.2 Å². The van der Waals surface area contributed by atoms with E-state index >= 15 is 0 Å². The van der Waals surface area contributed by atoms with Crippen LogP contribution in [0.4, 0.5) is 10.5 Å². The van der Waals surface area contributed by atoms with Crippen LogP contribution in [0.25, 0.3) is 11.1 Å². The Bertz CT molecular complexity index is 1020. The van der Waals surface area contributed by atoms with Crippen LogP contribution >= 0.6 is 0 Å². The van der Waals surface area contributed by atoms with Crippen molar-refractivity contribution >= 4 is 17.7 Å². The highest BCUT2D eigenvalue weighted by atomic mass is 16.5. The zero-order valence-electron chi connectivity index (χ0n) is 17.6. The van der Waals surface area contributed by atoms with E-state index < -0.39 is 0 Å². The Kier molecular flexibility index (Phi) is 6.36. The third-order valence-corrected chi connectivity index (χ3v) is 5.59. The van der Waals surface area contributed by atoms with Crippen molar-refractivity contribution < 1.29 is 18.7 Å². The molecule has 2 aromatic carbocycles. The van der Waals surface area contributed by atoms with E-state index in [1.165, 1.54) is 7.11 Å². The lowest BCUT2D eigenvalue weighted by molar-refractivity contribution is 0.0600. The van der Waals surface area contributed by atoms with Gasteiger partial charge in [0.1, 0.15) is 0 Å². The van der Waals surface area contributed by atoms with Gasteiger partial charge in [0.2, 0.25) is 0 Å². The zero-order chi connectivity index (χ0) is 21.6. The highest BCUT2D eigenvalue weighted by Gasteiger charge is 2.24. The van der Waals surface area contributed by atoms with E-state index in [4.69, 9.17) is 9.15 Å². The monoisotopic (exact) mass is 418 g/mol. The summed E-state index contributed by atoms with van der Waals surface area (Å²) in [5, 5.41) is 0. The van der Waals surface area contributed by atoms with Crippen molar-refractivity contribution in [3.63, 3.8) is 0 Å². The van der Waals surface area contributed by atoms with E-state index in [1.54, 1.807) is 24.7 Å². The number of hydrogen-bond acceptors (Lipinski definition) is 4. The molecule has 1 fully saturated rings. The van der Waals surface area contributed by atoms with Crippen LogP contribution in [0, 0.1) is 0 Å². The van der Waals surface area contributed by atoms with Gasteiger partial charge in [0.15, 0.2) is 0 Å². The maximum atomic E-state index is 13.5. The summed E-state index contributed by atoms with van der Waals surface area (Å²) in [6.45, 7) is 1.96. The van der Waals surface area contributed by atoms with E-state index in [1.807, 2.05) is 52.3 Å². The van der Waals surface area contributed by atoms with Crippen molar-refractivity contribution in [3.05, 3.63) is 78.3 Å². The summed E-state index contributed by atoms with van der Waals surface area (Å²) in [7, 11) is 1.36. The van der Waals surface area contributed by atoms with Gasteiger partial charge in [0, 0.05) is 24.3 Å². The van der Waals surface area contributed by atoms with E-state index in [-0.39, 0.29) is 12.0 Å². The number of carbonyl (C=O) groups is 2. The number of likely N-dealkylation sites (tertiary alicyclic amines) is 1. The SMILES string of the molecule is COC(=O)c1ccc(CN(C(=O)N2CCCCC2)c2cccc(-c3ccoc3)c2)cc1. The van der Waals surface area contributed by atoms with Crippen LogP contribution in [-0.2, 0) is 11.3 Å². The summed E-state index contributed by atoms with van der Waals surface area (Å²) < 4.78 is 10.00. The van der Waals surface area contributed by atoms with Gasteiger partial charge in [-0.25, -0.2) is 9.59 Å². The first-order valence-electron chi connectivity index (χ1n) is 10.5. The number of furan rings is 1. The molecular weight excluding hydrogens is 392 g/mol. The molecule has 1 aliphatic heterocycles. The van der Waals surface area contributed by atoms with Crippen molar-refractivity contribution in [1.29, 1.82) is 0 Å². The van der Waals surface area contributed by atoms with Crippen LogP contribution in [0.2, 0.25) is 0 Å². The van der Waals surface area contributed by atoms with Crippen molar-refractivity contribution in [2.75, 3.05) is 25.1 Å². The summed E-state index contributed by atoms with van der Waals surface area (Å²) in [6, 6.07) is 17.0. The highest BCUT2D eigenvalue weighted by molar-refractivity contribution is 5.93. The zero-order valence-corrected chi connectivity index (χ0v) is 17.6. The second-order valence-corrected chi connectivity index (χ2v) is 7.67. The minimum atomic E-state index is -0.374. The quantitative estimate of drug-likeness (QED) is 0.524. The Hall–Kier alpha value is -3.54. The molecule has 3 aromatic rings. The van der Waals surface area contributed by atoms with Crippen molar-refractivity contribution in [2.24, 2.45) is 0 Å². The van der Waals surface area contributed by atoms with Crippen LogP contribution in [0.5, 0.6) is 0 Å². The number of ether oxygens (including phenoxy) is 1. The maximum absolute atomic E-state index is 13.5. The fourth-order valence-electron chi connectivity index (χ4n) is 3.85. The average molecular weight is 418 g/mol. The predicted molar refractivity (Wildman–Crippen MR) is 119 cm³/mol. The molecule has 0 atom stereocenters. The number of hydrogen-bond donors (Lipinski definition) is 0. The lowest BCUT2D eigenvalue weighted by Gasteiger charge is -2.33. The number of rotatable bonds is 5. The highest BCUT2D eigenvalue weighted by Crippen LogP contribution is 2.27. The van der Waals surface area contributed by atoms with E-state index in [2.05, 4.69) is 0 Å². The largest absolute Gasteiger partial charge is 0.472 e. The van der Waals surface area contributed by atoms with Gasteiger partial charge in [0.05, 0.1) is 31.7 Å². The van der Waals surface area contributed by atoms with E-state index in [0.29, 0.717) is 12.1 Å². The number of carbonyl (C=O) groups excluding carboxylic acids is 2. The molecule has 0 N–H and O–H groups in total. The van der Waals surface area contributed by atoms with Gasteiger partial charge >= 0.3 is 12.0 Å². The maximum Gasteiger partial charge on any atom is 0.337 e. The Morgan fingerprint density at radius 2 is 1.77 bits per heavy atom. The molecule has 0 radical (unpaired) electrons. The molecule has 0 unspecified atom stereocenters. The van der Waals surface area contributed by atoms with Gasteiger partial charge in [0.25, 0.3) is 0 Å². The second kappa shape index (κ2) is 9.51. The summed E-state index contributed by atoms with van der Waals surface area (Å²) in [4.78, 5) is 28.9. The molecule has 0 saturated carbocycles. The average Bonchev–Trinajstić information content (AvgIpc) is 3.38. The molecule has 6 heteroatoms. The van der Waals surface area contributed by atoms with Crippen LogP contribution in [-0.4, -0.2) is 37.1 Å². The van der Waals surface area contributed by atoms with Crippen molar-refractivity contribution in [2.45, 2.75) is 25.8 Å². The first kappa shape index (κ1) is 20.7. The number of anilines is 1. The first-order valence-corrected chi connectivity index (χ1v) is 10.5. The molecule has 160 valence electrons. The van der Waals surface area contributed by atoms with Gasteiger partial charge in [-0.3, -0.25) is 4.90 Å². The van der Waals surface area contributed by atoms with E-state index in [0.717, 1.165) is 54.7 Å². The molecule has 4 rings (SSSR count). The number of esters is 1. The van der Waals surface area contributed by atoms with Crippen LogP contribution in [0.3, 0.4) is 0 Å². The van der Waals surface area contributed by atoms with Gasteiger partial charge in [-0.05, 0) is 60.7 Å². The van der Waals surface area contributed by atoms with Gasteiger partial charge < -0.3 is 14.1 Å². The van der Waals surface area contributed by atoms with Gasteiger partial charge in [-0.2, -0.15) is 0 Å². The molecule has 0 aliphatic carbocycles. The topological polar surface area (TPSA) is 63.0 Å². The molecule has 2 amide bonds. The Morgan fingerprint density at radius 3 is 2.45 bits per heavy atom. The molecular formula is C25H26N2O4. The molecule has 1 saturated heterocycles. The molecule has 0 bridgehead atoms. The van der Waals surface area contributed by atoms with Gasteiger partial charge in [-0.15, -0.1) is 0 Å². The molecule has 1 aliphatic rings. The molecule has 6 nitrogen and oxygen atoms in total. The fourth-order valence-corrected chi connectivity index (χ4v) is 3.85. The standard InChI is InChI=1S/C25H26N2O4/c1-30-24(28)20-10-8-19(9-11-20)17-27(25(29)26-13-3-2-4-14-26)23-7-5-6-21(16-23)22-12-15-31-18-22/h5-12,15-16,18H,2-4,13-14,17H2,1H3. The number of urea groups is 1. The van der Waals surface area contributed by atoms with Crippen molar-refractivity contribution in [3.8, 4) is 11.1 Å². The Balaban J connectivity index is 1.64. The van der Waals surface area contributed by atoms with Gasteiger partial charge in [-0.1, -0.05) is 24.3 Å². The fraction of sp³-hybridized carbons (Fsp3) is 0.280. The minimum Gasteiger partial charge on any atom is -0.472 e. The first-order chi connectivity index (χ1) is 15.2. The summed E-state index contributed by atoms with van der Waals surface area (Å²) >= 11 is 0. The molecule has 31 heavy (non-hydrogen) atoms. The number of methoxy groups -OCH3 is 1. The summed E-state index contributed by atoms with van der Waals surface area (Å²) in [5.74, 6) is -0.374. The van der Waals surface area contributed by atoms with Crippen LogP contribution < -0.4 is 4.90 Å². The lowest BCUT2D eigenvalue weighted by atomic mass is 10.1. The number of amides is 2. The molecule has 0 spiro atoms. The molecule has 2 heterocycles. The predicted octanol–water partition coefficient (Wildman–Crippen LogP) is 5.35. The van der Waals surface area contributed by atoms with E-state index in [9.17, 15) is 9.59 Å². The Labute approximate surface area is 182 Å². The normalized spacial score (nSPS) is 13.6. The smallest absolute Gasteiger partial charge is 0.337 e. The van der Waals surface area contributed by atoms with Crippen molar-refractivity contribution in [1.82, 2.24) is 4.90 Å². The Morgan fingerprint density at radius 1 is 1.00 bits per heavy atom. The lowest BCUT2D eigenvalue weighted by Crippen LogP contribution is -2.45. The molecule has 1 aromatic heterocycles. The summed E-state index contributed by atoms with van der Waals surface area (Å²) in [6.07, 6.45) is 6.56.